The second-order valence-corrected chi connectivity index (χ2v) is 7.48. The number of carbonyl (C=O) groups excluding carboxylic acids is 2. The summed E-state index contributed by atoms with van der Waals surface area (Å²) in [5.74, 6) is 0.343. The van der Waals surface area contributed by atoms with E-state index < -0.39 is 0 Å². The molecule has 3 rings (SSSR count). The van der Waals surface area contributed by atoms with E-state index in [4.69, 9.17) is 0 Å². The molecule has 1 aromatic heterocycles. The van der Waals surface area contributed by atoms with E-state index in [9.17, 15) is 9.59 Å². The Morgan fingerprint density at radius 1 is 1.37 bits per heavy atom. The van der Waals surface area contributed by atoms with Crippen LogP contribution in [0.1, 0.15) is 53.1 Å². The van der Waals surface area contributed by atoms with Crippen LogP contribution in [0.25, 0.3) is 0 Å². The number of aromatic nitrogens is 2. The van der Waals surface area contributed by atoms with Crippen LogP contribution < -0.4 is 5.32 Å². The monoisotopic (exact) mass is 368 g/mol. The van der Waals surface area contributed by atoms with Crippen LogP contribution >= 0.6 is 0 Å². The maximum Gasteiger partial charge on any atom is 0.272 e. The highest BCUT2D eigenvalue weighted by molar-refractivity contribution is 5.94. The van der Waals surface area contributed by atoms with Crippen LogP contribution in [0.5, 0.6) is 0 Å². The van der Waals surface area contributed by atoms with Gasteiger partial charge in [0.2, 0.25) is 5.91 Å². The molecule has 0 aliphatic carbocycles. The highest BCUT2D eigenvalue weighted by Gasteiger charge is 2.27. The van der Waals surface area contributed by atoms with Gasteiger partial charge in [-0.25, -0.2) is 0 Å². The third-order valence-electron chi connectivity index (χ3n) is 5.25. The maximum absolute atomic E-state index is 12.7. The topological polar surface area (TPSA) is 78.1 Å². The number of hydrogen-bond acceptors (Lipinski definition) is 3. The molecule has 0 fully saturated rings. The summed E-state index contributed by atoms with van der Waals surface area (Å²) in [7, 11) is 0. The molecule has 0 saturated heterocycles. The summed E-state index contributed by atoms with van der Waals surface area (Å²) in [6.07, 6.45) is 2.09. The van der Waals surface area contributed by atoms with Crippen molar-refractivity contribution in [2.45, 2.75) is 46.6 Å². The van der Waals surface area contributed by atoms with Gasteiger partial charge in [-0.3, -0.25) is 14.7 Å². The third kappa shape index (κ3) is 4.56. The van der Waals surface area contributed by atoms with Gasteiger partial charge in [0.15, 0.2) is 5.69 Å². The van der Waals surface area contributed by atoms with Crippen molar-refractivity contribution < 1.29 is 9.59 Å². The van der Waals surface area contributed by atoms with Gasteiger partial charge in [-0.1, -0.05) is 50.1 Å². The van der Waals surface area contributed by atoms with E-state index in [0.29, 0.717) is 44.1 Å². The van der Waals surface area contributed by atoms with E-state index in [1.54, 1.807) is 0 Å². The average Bonchev–Trinajstić information content (AvgIpc) is 3.09. The lowest BCUT2D eigenvalue weighted by atomic mass is 10.0. The normalized spacial score (nSPS) is 14.6. The zero-order valence-electron chi connectivity index (χ0n) is 16.3. The number of H-pyrrole nitrogens is 1. The molecule has 2 amide bonds. The molecule has 2 aromatic rings. The zero-order valence-corrected chi connectivity index (χ0v) is 16.3. The fourth-order valence-corrected chi connectivity index (χ4v) is 3.30. The van der Waals surface area contributed by atoms with E-state index in [1.165, 1.54) is 0 Å². The zero-order chi connectivity index (χ0) is 19.4. The SMILES string of the molecule is CCC(C)CNC(=O)c1n[nH]c2c1CN(C(=O)Cc1cccc(C)c1)CC2. The second kappa shape index (κ2) is 8.37. The van der Waals surface area contributed by atoms with Gasteiger partial charge in [-0.2, -0.15) is 5.10 Å². The Hall–Kier alpha value is -2.63. The summed E-state index contributed by atoms with van der Waals surface area (Å²) in [4.78, 5) is 27.1. The van der Waals surface area contributed by atoms with E-state index in [-0.39, 0.29) is 11.8 Å². The largest absolute Gasteiger partial charge is 0.350 e. The molecule has 1 aliphatic heterocycles. The number of benzene rings is 1. The quantitative estimate of drug-likeness (QED) is 0.823. The first-order chi connectivity index (χ1) is 13.0. The maximum atomic E-state index is 12.7. The molecule has 27 heavy (non-hydrogen) atoms. The van der Waals surface area contributed by atoms with Crippen LogP contribution in [0.2, 0.25) is 0 Å². The Morgan fingerprint density at radius 2 is 2.19 bits per heavy atom. The minimum absolute atomic E-state index is 0.0819. The summed E-state index contributed by atoms with van der Waals surface area (Å²) >= 11 is 0. The fraction of sp³-hybridized carbons (Fsp3) is 0.476. The molecule has 1 atom stereocenters. The van der Waals surface area contributed by atoms with Crippen molar-refractivity contribution in [1.82, 2.24) is 20.4 Å². The van der Waals surface area contributed by atoms with Crippen molar-refractivity contribution >= 4 is 11.8 Å². The molecular weight excluding hydrogens is 340 g/mol. The van der Waals surface area contributed by atoms with Gasteiger partial charge in [0, 0.05) is 37.3 Å². The lowest BCUT2D eigenvalue weighted by Gasteiger charge is -2.27. The first-order valence-electron chi connectivity index (χ1n) is 9.65. The molecule has 6 heteroatoms. The van der Waals surface area contributed by atoms with E-state index >= 15 is 0 Å². The van der Waals surface area contributed by atoms with Crippen LogP contribution in [-0.2, 0) is 24.2 Å². The molecule has 2 heterocycles. The van der Waals surface area contributed by atoms with Gasteiger partial charge in [0.25, 0.3) is 5.91 Å². The third-order valence-corrected chi connectivity index (χ3v) is 5.25. The summed E-state index contributed by atoms with van der Waals surface area (Å²) < 4.78 is 0. The van der Waals surface area contributed by atoms with E-state index in [2.05, 4.69) is 29.4 Å². The molecule has 0 spiro atoms. The Balaban J connectivity index is 1.67. The summed E-state index contributed by atoms with van der Waals surface area (Å²) in [6, 6.07) is 8.02. The van der Waals surface area contributed by atoms with Crippen molar-refractivity contribution in [3.05, 3.63) is 52.3 Å². The summed E-state index contributed by atoms with van der Waals surface area (Å²) in [6.45, 7) is 7.94. The Morgan fingerprint density at radius 3 is 2.93 bits per heavy atom. The van der Waals surface area contributed by atoms with Gasteiger partial charge in [0.05, 0.1) is 6.42 Å². The molecule has 2 N–H and O–H groups in total. The molecule has 0 radical (unpaired) electrons. The van der Waals surface area contributed by atoms with E-state index in [1.807, 2.05) is 36.1 Å². The molecule has 6 nitrogen and oxygen atoms in total. The van der Waals surface area contributed by atoms with E-state index in [0.717, 1.165) is 28.8 Å². The van der Waals surface area contributed by atoms with Crippen molar-refractivity contribution in [2.24, 2.45) is 5.92 Å². The number of aromatic amines is 1. The molecule has 0 bridgehead atoms. The summed E-state index contributed by atoms with van der Waals surface area (Å²) in [5.41, 5.74) is 4.39. The van der Waals surface area contributed by atoms with Crippen LogP contribution in [0.3, 0.4) is 0 Å². The number of nitrogens with one attached hydrogen (secondary N) is 2. The summed E-state index contributed by atoms with van der Waals surface area (Å²) in [5, 5.41) is 10.1. The lowest BCUT2D eigenvalue weighted by molar-refractivity contribution is -0.131. The van der Waals surface area contributed by atoms with Gasteiger partial charge in [0.1, 0.15) is 0 Å². The molecule has 1 aliphatic rings. The molecule has 0 saturated carbocycles. The highest BCUT2D eigenvalue weighted by atomic mass is 16.2. The predicted molar refractivity (Wildman–Crippen MR) is 104 cm³/mol. The Labute approximate surface area is 160 Å². The van der Waals surface area contributed by atoms with Crippen molar-refractivity contribution in [2.75, 3.05) is 13.1 Å². The minimum Gasteiger partial charge on any atom is -0.350 e. The van der Waals surface area contributed by atoms with Gasteiger partial charge < -0.3 is 10.2 Å². The highest BCUT2D eigenvalue weighted by Crippen LogP contribution is 2.21. The number of amides is 2. The number of carbonyl (C=O) groups is 2. The molecular formula is C21H28N4O2. The Bertz CT molecular complexity index is 827. The van der Waals surface area contributed by atoms with Gasteiger partial charge in [-0.05, 0) is 18.4 Å². The van der Waals surface area contributed by atoms with Crippen molar-refractivity contribution in [3.8, 4) is 0 Å². The number of aryl methyl sites for hydroxylation is 1. The molecule has 144 valence electrons. The van der Waals surface area contributed by atoms with Crippen molar-refractivity contribution in [3.63, 3.8) is 0 Å². The number of hydrogen-bond donors (Lipinski definition) is 2. The number of nitrogens with zero attached hydrogens (tertiary/aromatic N) is 2. The smallest absolute Gasteiger partial charge is 0.272 e. The van der Waals surface area contributed by atoms with Crippen LogP contribution in [-0.4, -0.2) is 40.0 Å². The number of rotatable bonds is 6. The first-order valence-corrected chi connectivity index (χ1v) is 9.65. The standard InChI is InChI=1S/C21H28N4O2/c1-4-14(2)12-22-21(27)20-17-13-25(9-8-18(17)23-24-20)19(26)11-16-7-5-6-15(3)10-16/h5-7,10,14H,4,8-9,11-13H2,1-3H3,(H,22,27)(H,23,24). The lowest BCUT2D eigenvalue weighted by Crippen LogP contribution is -2.38. The van der Waals surface area contributed by atoms with Crippen LogP contribution in [0.15, 0.2) is 24.3 Å². The van der Waals surface area contributed by atoms with Gasteiger partial charge in [-0.15, -0.1) is 0 Å². The van der Waals surface area contributed by atoms with Crippen molar-refractivity contribution in [1.29, 1.82) is 0 Å². The van der Waals surface area contributed by atoms with Crippen LogP contribution in [0.4, 0.5) is 0 Å². The second-order valence-electron chi connectivity index (χ2n) is 7.48. The first kappa shape index (κ1) is 19.1. The number of fused-ring (bicyclic) bond motifs is 1. The molecule has 1 unspecified atom stereocenters. The van der Waals surface area contributed by atoms with Gasteiger partial charge >= 0.3 is 0 Å². The fourth-order valence-electron chi connectivity index (χ4n) is 3.30. The molecule has 1 aromatic carbocycles. The average molecular weight is 368 g/mol. The minimum atomic E-state index is -0.166. The van der Waals surface area contributed by atoms with Crippen LogP contribution in [0, 0.1) is 12.8 Å². The Kier molecular flexibility index (Phi) is 5.94. The predicted octanol–water partition coefficient (Wildman–Crippen LogP) is 2.62.